The van der Waals surface area contributed by atoms with Crippen LogP contribution < -0.4 is 4.74 Å². The zero-order chi connectivity index (χ0) is 17.7. The summed E-state index contributed by atoms with van der Waals surface area (Å²) in [5.41, 5.74) is 0.0712. The number of allylic oxidation sites excluding steroid dienone is 1. The van der Waals surface area contributed by atoms with E-state index in [1.54, 1.807) is 12.1 Å². The number of benzene rings is 1. The van der Waals surface area contributed by atoms with Crippen LogP contribution in [-0.2, 0) is 15.1 Å². The molecule has 132 valence electrons. The van der Waals surface area contributed by atoms with Gasteiger partial charge >= 0.3 is 0 Å². The van der Waals surface area contributed by atoms with Crippen LogP contribution in [0.15, 0.2) is 29.8 Å². The second-order valence-corrected chi connectivity index (χ2v) is 8.85. The van der Waals surface area contributed by atoms with Crippen LogP contribution in [0.1, 0.15) is 52.0 Å². The molecular weight excluding hydrogens is 316 g/mol. The third-order valence-corrected chi connectivity index (χ3v) is 7.42. The van der Waals surface area contributed by atoms with Gasteiger partial charge in [0.15, 0.2) is 0 Å². The first-order valence-electron chi connectivity index (χ1n) is 9.18. The van der Waals surface area contributed by atoms with Crippen molar-refractivity contribution in [3.05, 3.63) is 35.4 Å². The van der Waals surface area contributed by atoms with E-state index in [0.29, 0.717) is 5.92 Å². The minimum Gasteiger partial charge on any atom is -0.508 e. The molecule has 25 heavy (non-hydrogen) atoms. The number of hydrogen-bond donors (Lipinski definition) is 1. The third kappa shape index (κ3) is 1.52. The molecule has 2 aliphatic carbocycles. The summed E-state index contributed by atoms with van der Waals surface area (Å²) in [6.07, 6.45) is 6.66. The van der Waals surface area contributed by atoms with E-state index in [9.17, 15) is 9.90 Å². The van der Waals surface area contributed by atoms with Gasteiger partial charge in [0.05, 0.1) is 11.0 Å². The summed E-state index contributed by atoms with van der Waals surface area (Å²) in [7, 11) is 0. The van der Waals surface area contributed by atoms with E-state index in [1.807, 2.05) is 12.1 Å². The molecule has 2 unspecified atom stereocenters. The van der Waals surface area contributed by atoms with Crippen LogP contribution in [0.4, 0.5) is 0 Å². The lowest BCUT2D eigenvalue weighted by atomic mass is 9.51. The van der Waals surface area contributed by atoms with Gasteiger partial charge < -0.3 is 14.6 Å². The predicted molar refractivity (Wildman–Crippen MR) is 92.5 cm³/mol. The van der Waals surface area contributed by atoms with E-state index in [0.717, 1.165) is 48.9 Å². The first kappa shape index (κ1) is 15.4. The number of fused-ring (bicyclic) bond motifs is 1. The van der Waals surface area contributed by atoms with Gasteiger partial charge in [-0.1, -0.05) is 0 Å². The molecule has 1 aromatic carbocycles. The highest BCUT2D eigenvalue weighted by Gasteiger charge is 2.79. The number of aldehydes is 1. The Morgan fingerprint density at radius 3 is 2.80 bits per heavy atom. The topological polar surface area (TPSA) is 55.8 Å². The monoisotopic (exact) mass is 340 g/mol. The van der Waals surface area contributed by atoms with Crippen molar-refractivity contribution in [1.29, 1.82) is 0 Å². The first-order valence-corrected chi connectivity index (χ1v) is 9.18. The van der Waals surface area contributed by atoms with Crippen LogP contribution in [0.5, 0.6) is 11.5 Å². The minimum atomic E-state index is -0.715. The summed E-state index contributed by atoms with van der Waals surface area (Å²) in [6, 6.07) is 5.25. The Morgan fingerprint density at radius 2 is 2.04 bits per heavy atom. The van der Waals surface area contributed by atoms with E-state index < -0.39 is 5.60 Å². The second kappa shape index (κ2) is 4.29. The standard InChI is InChI=1S/C21H24O4/c1-18(2)17-7-8-19(3)20(17)9-6-13(12-22)11-21(20,25-18)15-10-14(23)4-5-16(15)24-19/h4-5,10-12,17,23H,6-9H2,1-3H3/t17-,19?,20?,21-/m1/s1. The quantitative estimate of drug-likeness (QED) is 0.789. The highest BCUT2D eigenvalue weighted by molar-refractivity contribution is 5.75. The van der Waals surface area contributed by atoms with Crippen molar-refractivity contribution in [3.8, 4) is 11.5 Å². The van der Waals surface area contributed by atoms with Crippen molar-refractivity contribution >= 4 is 6.29 Å². The van der Waals surface area contributed by atoms with Gasteiger partial charge in [-0.15, -0.1) is 0 Å². The first-order chi connectivity index (χ1) is 11.8. The van der Waals surface area contributed by atoms with Crippen molar-refractivity contribution < 1.29 is 19.4 Å². The Balaban J connectivity index is 1.91. The van der Waals surface area contributed by atoms with E-state index in [-0.39, 0.29) is 22.4 Å². The van der Waals surface area contributed by atoms with Crippen LogP contribution in [0, 0.1) is 11.3 Å². The molecule has 2 aliphatic heterocycles. The molecule has 1 saturated carbocycles. The maximum atomic E-state index is 11.6. The Kier molecular flexibility index (Phi) is 2.65. The number of carbonyl (C=O) groups excluding carboxylic acids is 1. The largest absolute Gasteiger partial charge is 0.508 e. The number of hydrogen-bond acceptors (Lipinski definition) is 4. The third-order valence-electron chi connectivity index (χ3n) is 7.42. The van der Waals surface area contributed by atoms with E-state index in [4.69, 9.17) is 9.47 Å². The number of carbonyl (C=O) groups is 1. The van der Waals surface area contributed by atoms with E-state index >= 15 is 0 Å². The van der Waals surface area contributed by atoms with Gasteiger partial charge in [0.2, 0.25) is 0 Å². The van der Waals surface area contributed by atoms with Crippen molar-refractivity contribution in [2.24, 2.45) is 11.3 Å². The Morgan fingerprint density at radius 1 is 1.24 bits per heavy atom. The molecule has 4 atom stereocenters. The Hall–Kier alpha value is -1.81. The van der Waals surface area contributed by atoms with E-state index in [2.05, 4.69) is 20.8 Å². The fraction of sp³-hybridized carbons (Fsp3) is 0.571. The van der Waals surface area contributed by atoms with Crippen molar-refractivity contribution in [1.82, 2.24) is 0 Å². The molecule has 0 bridgehead atoms. The number of phenols is 1. The highest BCUT2D eigenvalue weighted by atomic mass is 16.6. The maximum absolute atomic E-state index is 11.6. The van der Waals surface area contributed by atoms with Crippen molar-refractivity contribution in [2.45, 2.75) is 63.3 Å². The molecule has 5 rings (SSSR count). The second-order valence-electron chi connectivity index (χ2n) is 8.85. The van der Waals surface area contributed by atoms with Crippen molar-refractivity contribution in [2.75, 3.05) is 0 Å². The van der Waals surface area contributed by atoms with Gasteiger partial charge in [0.1, 0.15) is 29.0 Å². The van der Waals surface area contributed by atoms with Gasteiger partial charge in [0.25, 0.3) is 0 Å². The highest BCUT2D eigenvalue weighted by Crippen LogP contribution is 2.77. The molecule has 4 aliphatic rings. The zero-order valence-electron chi connectivity index (χ0n) is 15.0. The number of phenolic OH excluding ortho intramolecular Hbond substituents is 1. The van der Waals surface area contributed by atoms with Crippen LogP contribution in [0.2, 0.25) is 0 Å². The number of ether oxygens (including phenoxy) is 2. The van der Waals surface area contributed by atoms with Gasteiger partial charge in [0, 0.05) is 11.5 Å². The van der Waals surface area contributed by atoms with Crippen molar-refractivity contribution in [3.63, 3.8) is 0 Å². The summed E-state index contributed by atoms with van der Waals surface area (Å²) in [4.78, 5) is 11.6. The molecule has 1 aromatic rings. The average molecular weight is 340 g/mol. The summed E-state index contributed by atoms with van der Waals surface area (Å²) in [6.45, 7) is 6.53. The molecule has 0 aromatic heterocycles. The molecule has 1 spiro atoms. The normalized spacial score (nSPS) is 42.7. The molecule has 4 nitrogen and oxygen atoms in total. The number of aromatic hydroxyl groups is 1. The van der Waals surface area contributed by atoms with Gasteiger partial charge in [-0.2, -0.15) is 0 Å². The summed E-state index contributed by atoms with van der Waals surface area (Å²) in [5, 5.41) is 10.2. The molecule has 2 fully saturated rings. The van der Waals surface area contributed by atoms with Crippen LogP contribution in [0.25, 0.3) is 0 Å². The SMILES string of the molecule is CC1(C)O[C@@]23C=C(C=O)CCC24[C@@H]1CCC4(C)Oc1ccc(O)cc13. The van der Waals surface area contributed by atoms with Gasteiger partial charge in [-0.05, 0) is 76.3 Å². The lowest BCUT2D eigenvalue weighted by Gasteiger charge is -2.57. The minimum absolute atomic E-state index is 0.199. The van der Waals surface area contributed by atoms with Crippen LogP contribution in [-0.4, -0.2) is 22.6 Å². The fourth-order valence-electron chi connectivity index (χ4n) is 6.63. The number of rotatable bonds is 1. The summed E-state index contributed by atoms with van der Waals surface area (Å²) in [5.74, 6) is 1.31. The molecule has 0 radical (unpaired) electrons. The average Bonchev–Trinajstić information content (AvgIpc) is 2.97. The van der Waals surface area contributed by atoms with Gasteiger partial charge in [-0.3, -0.25) is 4.79 Å². The Bertz CT molecular complexity index is 825. The lowest BCUT2D eigenvalue weighted by Crippen LogP contribution is -2.62. The molecule has 1 N–H and O–H groups in total. The molecule has 1 saturated heterocycles. The smallest absolute Gasteiger partial charge is 0.145 e. The van der Waals surface area contributed by atoms with Gasteiger partial charge in [-0.25, -0.2) is 0 Å². The predicted octanol–water partition coefficient (Wildman–Crippen LogP) is 3.86. The summed E-state index contributed by atoms with van der Waals surface area (Å²) < 4.78 is 13.4. The lowest BCUT2D eigenvalue weighted by molar-refractivity contribution is -0.169. The molecular formula is C21H24O4. The summed E-state index contributed by atoms with van der Waals surface area (Å²) >= 11 is 0. The maximum Gasteiger partial charge on any atom is 0.145 e. The Labute approximate surface area is 147 Å². The molecule has 4 heteroatoms. The zero-order valence-corrected chi connectivity index (χ0v) is 15.0. The molecule has 2 heterocycles. The van der Waals surface area contributed by atoms with E-state index in [1.165, 1.54) is 0 Å². The molecule has 0 amide bonds. The van der Waals surface area contributed by atoms with Crippen LogP contribution in [0.3, 0.4) is 0 Å². The van der Waals surface area contributed by atoms with Crippen LogP contribution >= 0.6 is 0 Å². The fourth-order valence-corrected chi connectivity index (χ4v) is 6.63.